The molecular formula is C15H19Cl2N. The SMILES string of the molecule is C=C(CC)C[C@]1(c2ccc(Cl)c(Cl)c2)CCNC1. The van der Waals surface area contributed by atoms with E-state index in [1.807, 2.05) is 12.1 Å². The van der Waals surface area contributed by atoms with Crippen molar-refractivity contribution in [3.63, 3.8) is 0 Å². The lowest BCUT2D eigenvalue weighted by Gasteiger charge is -2.30. The lowest BCUT2D eigenvalue weighted by molar-refractivity contribution is 0.461. The molecule has 0 spiro atoms. The lowest BCUT2D eigenvalue weighted by atomic mass is 9.74. The molecule has 1 N–H and O–H groups in total. The highest BCUT2D eigenvalue weighted by Gasteiger charge is 2.36. The minimum atomic E-state index is 0.140. The maximum Gasteiger partial charge on any atom is 0.0595 e. The normalized spacial score (nSPS) is 23.3. The monoisotopic (exact) mass is 283 g/mol. The molecule has 1 atom stereocenters. The number of rotatable bonds is 4. The third kappa shape index (κ3) is 2.74. The van der Waals surface area contributed by atoms with E-state index in [0.717, 1.165) is 32.4 Å². The Morgan fingerprint density at radius 3 is 2.72 bits per heavy atom. The first kappa shape index (κ1) is 13.9. The molecule has 1 heterocycles. The highest BCUT2D eigenvalue weighted by molar-refractivity contribution is 6.42. The van der Waals surface area contributed by atoms with Gasteiger partial charge in [-0.1, -0.05) is 48.3 Å². The number of allylic oxidation sites excluding steroid dienone is 1. The van der Waals surface area contributed by atoms with Crippen LogP contribution in [0.5, 0.6) is 0 Å². The van der Waals surface area contributed by atoms with Crippen LogP contribution in [-0.2, 0) is 5.41 Å². The Morgan fingerprint density at radius 2 is 2.17 bits per heavy atom. The summed E-state index contributed by atoms with van der Waals surface area (Å²) in [6.45, 7) is 8.36. The molecule has 2 rings (SSSR count). The van der Waals surface area contributed by atoms with Gasteiger partial charge < -0.3 is 5.32 Å². The van der Waals surface area contributed by atoms with Gasteiger partial charge in [0, 0.05) is 12.0 Å². The van der Waals surface area contributed by atoms with Gasteiger partial charge in [0.25, 0.3) is 0 Å². The van der Waals surface area contributed by atoms with Gasteiger partial charge in [-0.25, -0.2) is 0 Å². The molecule has 1 saturated heterocycles. The van der Waals surface area contributed by atoms with Gasteiger partial charge in [0.1, 0.15) is 0 Å². The standard InChI is InChI=1S/C15H19Cl2N/c1-3-11(2)9-15(6-7-18-10-15)12-4-5-13(16)14(17)8-12/h4-5,8,18H,2-3,6-7,9-10H2,1H3/t15-/m1/s1. The molecule has 0 bridgehead atoms. The second-order valence-electron chi connectivity index (χ2n) is 5.12. The number of halogens is 2. The van der Waals surface area contributed by atoms with Gasteiger partial charge in [-0.15, -0.1) is 0 Å². The van der Waals surface area contributed by atoms with Crippen LogP contribution in [0.4, 0.5) is 0 Å². The van der Waals surface area contributed by atoms with E-state index in [4.69, 9.17) is 23.2 Å². The highest BCUT2D eigenvalue weighted by atomic mass is 35.5. The van der Waals surface area contributed by atoms with Crippen LogP contribution in [0.25, 0.3) is 0 Å². The van der Waals surface area contributed by atoms with Crippen molar-refractivity contribution in [1.82, 2.24) is 5.32 Å². The van der Waals surface area contributed by atoms with Crippen LogP contribution in [0.15, 0.2) is 30.4 Å². The fourth-order valence-corrected chi connectivity index (χ4v) is 2.97. The topological polar surface area (TPSA) is 12.0 Å². The van der Waals surface area contributed by atoms with E-state index in [-0.39, 0.29) is 5.41 Å². The first-order valence-corrected chi connectivity index (χ1v) is 7.16. The van der Waals surface area contributed by atoms with Crippen molar-refractivity contribution >= 4 is 23.2 Å². The van der Waals surface area contributed by atoms with Crippen LogP contribution in [0.1, 0.15) is 31.7 Å². The minimum absolute atomic E-state index is 0.140. The van der Waals surface area contributed by atoms with E-state index < -0.39 is 0 Å². The second kappa shape index (κ2) is 5.64. The zero-order valence-electron chi connectivity index (χ0n) is 10.7. The molecule has 1 aromatic rings. The molecule has 0 amide bonds. The predicted molar refractivity (Wildman–Crippen MR) is 79.7 cm³/mol. The van der Waals surface area contributed by atoms with Gasteiger partial charge in [-0.2, -0.15) is 0 Å². The summed E-state index contributed by atoms with van der Waals surface area (Å²) in [6.07, 6.45) is 3.18. The Kier molecular flexibility index (Phi) is 4.37. The van der Waals surface area contributed by atoms with Crippen LogP contribution < -0.4 is 5.32 Å². The second-order valence-corrected chi connectivity index (χ2v) is 5.93. The molecule has 1 fully saturated rings. The molecule has 0 unspecified atom stereocenters. The number of hydrogen-bond acceptors (Lipinski definition) is 1. The molecule has 0 aliphatic carbocycles. The van der Waals surface area contributed by atoms with Gasteiger partial charge in [0.15, 0.2) is 0 Å². The van der Waals surface area contributed by atoms with Gasteiger partial charge >= 0.3 is 0 Å². The average molecular weight is 284 g/mol. The lowest BCUT2D eigenvalue weighted by Crippen LogP contribution is -2.29. The zero-order valence-corrected chi connectivity index (χ0v) is 12.2. The van der Waals surface area contributed by atoms with Crippen molar-refractivity contribution in [1.29, 1.82) is 0 Å². The zero-order chi connectivity index (χ0) is 13.2. The van der Waals surface area contributed by atoms with Crippen molar-refractivity contribution in [3.05, 3.63) is 46.0 Å². The van der Waals surface area contributed by atoms with Crippen LogP contribution in [-0.4, -0.2) is 13.1 Å². The van der Waals surface area contributed by atoms with E-state index in [1.54, 1.807) is 0 Å². The Hall–Kier alpha value is -0.500. The fourth-order valence-electron chi connectivity index (χ4n) is 2.67. The van der Waals surface area contributed by atoms with Crippen LogP contribution in [0.2, 0.25) is 10.0 Å². The summed E-state index contributed by atoms with van der Waals surface area (Å²) in [7, 11) is 0. The van der Waals surface area contributed by atoms with E-state index in [2.05, 4.69) is 24.9 Å². The van der Waals surface area contributed by atoms with Gasteiger partial charge in [0.2, 0.25) is 0 Å². The van der Waals surface area contributed by atoms with E-state index in [9.17, 15) is 0 Å². The molecule has 1 aliphatic rings. The molecule has 1 aromatic carbocycles. The molecule has 0 aromatic heterocycles. The largest absolute Gasteiger partial charge is 0.316 e. The summed E-state index contributed by atoms with van der Waals surface area (Å²) in [4.78, 5) is 0. The maximum absolute atomic E-state index is 6.15. The fraction of sp³-hybridized carbons (Fsp3) is 0.467. The Balaban J connectivity index is 2.34. The van der Waals surface area contributed by atoms with E-state index in [0.29, 0.717) is 10.0 Å². The summed E-state index contributed by atoms with van der Waals surface area (Å²) in [6, 6.07) is 6.01. The van der Waals surface area contributed by atoms with Crippen molar-refractivity contribution in [3.8, 4) is 0 Å². The summed E-state index contributed by atoms with van der Waals surface area (Å²) in [5.74, 6) is 0. The van der Waals surface area contributed by atoms with Crippen LogP contribution in [0.3, 0.4) is 0 Å². The molecule has 0 radical (unpaired) electrons. The Morgan fingerprint density at radius 1 is 1.39 bits per heavy atom. The van der Waals surface area contributed by atoms with E-state index in [1.165, 1.54) is 11.1 Å². The number of benzene rings is 1. The van der Waals surface area contributed by atoms with Crippen molar-refractivity contribution in [2.45, 2.75) is 31.6 Å². The first-order chi connectivity index (χ1) is 8.57. The average Bonchev–Trinajstić information content (AvgIpc) is 2.82. The van der Waals surface area contributed by atoms with Crippen molar-refractivity contribution < 1.29 is 0 Å². The molecule has 98 valence electrons. The smallest absolute Gasteiger partial charge is 0.0595 e. The third-order valence-corrected chi connectivity index (χ3v) is 4.60. The first-order valence-electron chi connectivity index (χ1n) is 6.40. The number of nitrogens with one attached hydrogen (secondary N) is 1. The van der Waals surface area contributed by atoms with Crippen molar-refractivity contribution in [2.24, 2.45) is 0 Å². The molecule has 1 nitrogen and oxygen atoms in total. The third-order valence-electron chi connectivity index (χ3n) is 3.86. The summed E-state index contributed by atoms with van der Waals surface area (Å²) < 4.78 is 0. The van der Waals surface area contributed by atoms with Crippen molar-refractivity contribution in [2.75, 3.05) is 13.1 Å². The Labute approximate surface area is 119 Å². The summed E-state index contributed by atoms with van der Waals surface area (Å²) in [5.41, 5.74) is 2.71. The molecule has 0 saturated carbocycles. The summed E-state index contributed by atoms with van der Waals surface area (Å²) in [5, 5.41) is 4.72. The minimum Gasteiger partial charge on any atom is -0.316 e. The molecule has 18 heavy (non-hydrogen) atoms. The van der Waals surface area contributed by atoms with E-state index >= 15 is 0 Å². The predicted octanol–water partition coefficient (Wildman–Crippen LogP) is 4.58. The quantitative estimate of drug-likeness (QED) is 0.798. The molecule has 1 aliphatic heterocycles. The van der Waals surface area contributed by atoms with Gasteiger partial charge in [-0.3, -0.25) is 0 Å². The Bertz CT molecular complexity index is 448. The van der Waals surface area contributed by atoms with Crippen LogP contribution >= 0.6 is 23.2 Å². The number of hydrogen-bond donors (Lipinski definition) is 1. The van der Waals surface area contributed by atoms with Gasteiger partial charge in [0.05, 0.1) is 10.0 Å². The van der Waals surface area contributed by atoms with Gasteiger partial charge in [-0.05, 0) is 43.5 Å². The molecular weight excluding hydrogens is 265 g/mol. The molecule has 3 heteroatoms. The summed E-state index contributed by atoms with van der Waals surface area (Å²) >= 11 is 12.2. The highest BCUT2D eigenvalue weighted by Crippen LogP contribution is 2.39. The van der Waals surface area contributed by atoms with Crippen LogP contribution in [0, 0.1) is 0 Å². The maximum atomic E-state index is 6.15.